The second-order valence-corrected chi connectivity index (χ2v) is 10.1. The summed E-state index contributed by atoms with van der Waals surface area (Å²) < 4.78 is 9.97. The van der Waals surface area contributed by atoms with Gasteiger partial charge in [0.05, 0.1) is 34.8 Å². The maximum Gasteiger partial charge on any atom is 0.259 e. The highest BCUT2D eigenvalue weighted by atomic mass is 16.5. The summed E-state index contributed by atoms with van der Waals surface area (Å²) in [5.74, 6) is 0.118. The van der Waals surface area contributed by atoms with E-state index in [0.717, 1.165) is 94.9 Å². The zero-order chi connectivity index (χ0) is 25.3. The third kappa shape index (κ3) is 3.22. The van der Waals surface area contributed by atoms with Crippen molar-refractivity contribution < 1.29 is 14.3 Å². The van der Waals surface area contributed by atoms with E-state index in [9.17, 15) is 9.59 Å². The molecule has 0 radical (unpaired) electrons. The van der Waals surface area contributed by atoms with Crippen LogP contribution in [0.5, 0.6) is 5.75 Å². The second-order valence-electron chi connectivity index (χ2n) is 10.1. The molecule has 0 bridgehead atoms. The molecular formula is C29H29N5O3. The first-order valence-electron chi connectivity index (χ1n) is 12.9. The largest absolute Gasteiger partial charge is 0.497 e. The van der Waals surface area contributed by atoms with Gasteiger partial charge in [0.1, 0.15) is 5.75 Å². The predicted octanol–water partition coefficient (Wildman–Crippen LogP) is 3.63. The molecule has 3 aromatic carbocycles. The van der Waals surface area contributed by atoms with Crippen molar-refractivity contribution >= 4 is 55.3 Å². The van der Waals surface area contributed by atoms with Gasteiger partial charge in [-0.1, -0.05) is 12.1 Å². The first kappa shape index (κ1) is 22.3. The van der Waals surface area contributed by atoms with Crippen LogP contribution < -0.4 is 15.4 Å². The van der Waals surface area contributed by atoms with E-state index in [1.54, 1.807) is 7.11 Å². The summed E-state index contributed by atoms with van der Waals surface area (Å²) in [6.07, 6.45) is 2.98. The summed E-state index contributed by atoms with van der Waals surface area (Å²) in [5.41, 5.74) is 3.96. The molecule has 0 saturated carbocycles. The number of imide groups is 1. The minimum Gasteiger partial charge on any atom is -0.497 e. The number of nitrogens with one attached hydrogen (secondary N) is 2. The molecular weight excluding hydrogens is 466 g/mol. The molecule has 8 heteroatoms. The molecule has 0 unspecified atom stereocenters. The van der Waals surface area contributed by atoms with Crippen LogP contribution in [0.2, 0.25) is 0 Å². The van der Waals surface area contributed by atoms with E-state index in [-0.39, 0.29) is 11.8 Å². The number of carbonyl (C=O) groups excluding carboxylic acids is 2. The minimum atomic E-state index is -0.325. The number of fused-ring (bicyclic) bond motifs is 10. The van der Waals surface area contributed by atoms with Gasteiger partial charge in [0.25, 0.3) is 11.8 Å². The van der Waals surface area contributed by atoms with E-state index in [1.165, 1.54) is 0 Å². The number of aromatic nitrogens is 2. The van der Waals surface area contributed by atoms with Gasteiger partial charge < -0.3 is 24.1 Å². The second kappa shape index (κ2) is 8.33. The molecule has 188 valence electrons. The summed E-state index contributed by atoms with van der Waals surface area (Å²) in [5, 5.41) is 10.7. The Morgan fingerprint density at radius 1 is 0.892 bits per heavy atom. The third-order valence-corrected chi connectivity index (χ3v) is 8.06. The Kier molecular flexibility index (Phi) is 5.02. The summed E-state index contributed by atoms with van der Waals surface area (Å²) in [7, 11) is 3.66. The topological polar surface area (TPSA) is 80.5 Å². The Bertz CT molecular complexity index is 1760. The lowest BCUT2D eigenvalue weighted by Crippen LogP contribution is -2.43. The smallest absolute Gasteiger partial charge is 0.259 e. The van der Waals surface area contributed by atoms with Crippen LogP contribution in [0.15, 0.2) is 42.6 Å². The van der Waals surface area contributed by atoms with E-state index in [1.807, 2.05) is 42.1 Å². The van der Waals surface area contributed by atoms with E-state index in [0.29, 0.717) is 11.1 Å². The summed E-state index contributed by atoms with van der Waals surface area (Å²) in [4.78, 5) is 29.0. The van der Waals surface area contributed by atoms with Crippen molar-refractivity contribution in [2.45, 2.75) is 13.0 Å². The highest BCUT2D eigenvalue weighted by Crippen LogP contribution is 2.44. The van der Waals surface area contributed by atoms with Crippen LogP contribution in [0.1, 0.15) is 27.1 Å². The maximum absolute atomic E-state index is 13.3. The molecule has 0 spiro atoms. The molecule has 0 aliphatic carbocycles. The van der Waals surface area contributed by atoms with E-state index >= 15 is 0 Å². The van der Waals surface area contributed by atoms with Gasteiger partial charge in [-0.05, 0) is 31.2 Å². The number of rotatable bonds is 5. The lowest BCUT2D eigenvalue weighted by molar-refractivity contribution is 0.0880. The number of amides is 2. The highest BCUT2D eigenvalue weighted by molar-refractivity contribution is 6.39. The third-order valence-electron chi connectivity index (χ3n) is 8.06. The number of aryl methyl sites for hydroxylation is 2. The van der Waals surface area contributed by atoms with Crippen LogP contribution in [0, 0.1) is 0 Å². The van der Waals surface area contributed by atoms with Crippen LogP contribution in [0.4, 0.5) is 0 Å². The summed E-state index contributed by atoms with van der Waals surface area (Å²) in [6.45, 7) is 5.98. The molecule has 4 heterocycles. The van der Waals surface area contributed by atoms with E-state index in [2.05, 4.69) is 32.2 Å². The van der Waals surface area contributed by atoms with Crippen LogP contribution >= 0.6 is 0 Å². The number of hydrogen-bond donors (Lipinski definition) is 2. The number of piperazine rings is 1. The number of benzene rings is 3. The minimum absolute atomic E-state index is 0.325. The molecule has 2 amide bonds. The monoisotopic (exact) mass is 495 g/mol. The highest BCUT2D eigenvalue weighted by Gasteiger charge is 2.35. The van der Waals surface area contributed by atoms with Crippen LogP contribution in [-0.4, -0.2) is 65.7 Å². The van der Waals surface area contributed by atoms with Gasteiger partial charge in [-0.3, -0.25) is 14.9 Å². The zero-order valence-corrected chi connectivity index (χ0v) is 21.1. The van der Waals surface area contributed by atoms with Crippen molar-refractivity contribution in [3.8, 4) is 5.75 Å². The molecule has 1 saturated heterocycles. The van der Waals surface area contributed by atoms with Crippen molar-refractivity contribution in [1.82, 2.24) is 24.7 Å². The number of methoxy groups -OCH3 is 1. The molecule has 1 fully saturated rings. The van der Waals surface area contributed by atoms with Gasteiger partial charge in [-0.2, -0.15) is 0 Å². The molecule has 0 atom stereocenters. The van der Waals surface area contributed by atoms with Gasteiger partial charge in [0.2, 0.25) is 0 Å². The fourth-order valence-corrected chi connectivity index (χ4v) is 6.38. The number of hydrogen-bond acceptors (Lipinski definition) is 5. The van der Waals surface area contributed by atoms with Gasteiger partial charge in [-0.15, -0.1) is 0 Å². The lowest BCUT2D eigenvalue weighted by Gasteiger charge is -2.27. The molecule has 2 aliphatic rings. The Morgan fingerprint density at radius 3 is 2.38 bits per heavy atom. The van der Waals surface area contributed by atoms with Gasteiger partial charge in [-0.25, -0.2) is 0 Å². The fraction of sp³-hybridized carbons (Fsp3) is 0.310. The molecule has 2 N–H and O–H groups in total. The Balaban J connectivity index is 1.56. The van der Waals surface area contributed by atoms with Crippen molar-refractivity contribution in [2.24, 2.45) is 7.05 Å². The van der Waals surface area contributed by atoms with Crippen molar-refractivity contribution in [1.29, 1.82) is 0 Å². The molecule has 8 nitrogen and oxygen atoms in total. The van der Waals surface area contributed by atoms with Gasteiger partial charge in [0.15, 0.2) is 0 Å². The quantitative estimate of drug-likeness (QED) is 0.364. The molecule has 5 aromatic rings. The van der Waals surface area contributed by atoms with Gasteiger partial charge in [0, 0.05) is 79.0 Å². The SMILES string of the molecule is COc1ccc2c3c4c(c5c(ccc6ccn(C)c65)c3n(CCCN3CCNCC3)c2c1)C(=O)NC4=O. The first-order chi connectivity index (χ1) is 18.1. The summed E-state index contributed by atoms with van der Waals surface area (Å²) in [6, 6.07) is 12.3. The van der Waals surface area contributed by atoms with E-state index in [4.69, 9.17) is 4.74 Å². The Labute approximate surface area is 213 Å². The van der Waals surface area contributed by atoms with Crippen molar-refractivity contribution in [3.05, 3.63) is 53.7 Å². The molecule has 2 aliphatic heterocycles. The zero-order valence-electron chi connectivity index (χ0n) is 21.1. The maximum atomic E-state index is 13.3. The standard InChI is InChI=1S/C29H29N5O3/c1-32-13-8-17-4-6-20-23(26(17)32)25-24(28(35)31-29(25)36)22-19-7-5-18(37-2)16-21(19)34(27(20)22)12-3-11-33-14-9-30-10-15-33/h4-8,13,16,30H,3,9-12,14-15H2,1-2H3,(H,31,35,36). The Hall–Kier alpha value is -3.88. The van der Waals surface area contributed by atoms with Crippen molar-refractivity contribution in [3.63, 3.8) is 0 Å². The number of ether oxygens (including phenoxy) is 1. The average molecular weight is 496 g/mol. The van der Waals surface area contributed by atoms with E-state index < -0.39 is 0 Å². The van der Waals surface area contributed by atoms with Crippen LogP contribution in [0.25, 0.3) is 43.5 Å². The average Bonchev–Trinajstić information content (AvgIpc) is 3.55. The van der Waals surface area contributed by atoms with Crippen LogP contribution in [-0.2, 0) is 13.6 Å². The van der Waals surface area contributed by atoms with Crippen molar-refractivity contribution in [2.75, 3.05) is 39.8 Å². The lowest BCUT2D eigenvalue weighted by atomic mass is 9.93. The first-order valence-corrected chi connectivity index (χ1v) is 12.9. The normalized spacial score (nSPS) is 16.4. The molecule has 2 aromatic heterocycles. The number of carbonyl (C=O) groups is 2. The Morgan fingerprint density at radius 2 is 1.62 bits per heavy atom. The molecule has 37 heavy (non-hydrogen) atoms. The molecule has 7 rings (SSSR count). The number of nitrogens with zero attached hydrogens (tertiary/aromatic N) is 3. The van der Waals surface area contributed by atoms with Crippen LogP contribution in [0.3, 0.4) is 0 Å². The van der Waals surface area contributed by atoms with Gasteiger partial charge >= 0.3 is 0 Å². The fourth-order valence-electron chi connectivity index (χ4n) is 6.38. The predicted molar refractivity (Wildman–Crippen MR) is 146 cm³/mol. The summed E-state index contributed by atoms with van der Waals surface area (Å²) >= 11 is 0.